The number of carbonyl (C=O) groups is 2. The molecule has 0 unspecified atom stereocenters. The summed E-state index contributed by atoms with van der Waals surface area (Å²) in [5.41, 5.74) is -4.61. The molecule has 0 N–H and O–H groups in total. The summed E-state index contributed by atoms with van der Waals surface area (Å²) in [7, 11) is -7.13. The van der Waals surface area contributed by atoms with Gasteiger partial charge in [0.15, 0.2) is 18.3 Å². The topological polar surface area (TPSA) is 105 Å². The molecule has 0 aliphatic rings. The molecule has 0 aromatic heterocycles. The zero-order valence-electron chi connectivity index (χ0n) is 16.6. The van der Waals surface area contributed by atoms with E-state index in [1.54, 1.807) is 13.8 Å². The SMILES string of the molecule is CCOP(=O)(OCC)C(=O)OC(C)(C)C#CC(C)(C)OC(=O)P(C)(C)=O. The summed E-state index contributed by atoms with van der Waals surface area (Å²) in [6.07, 6.45) is 0. The lowest BCUT2D eigenvalue weighted by Gasteiger charge is -2.24. The molecule has 0 bridgehead atoms. The summed E-state index contributed by atoms with van der Waals surface area (Å²) in [6, 6.07) is 0. The second-order valence-corrected chi connectivity index (χ2v) is 11.6. The monoisotopic (exact) mass is 410 g/mol. The van der Waals surface area contributed by atoms with E-state index in [0.717, 1.165) is 0 Å². The number of ether oxygens (including phenoxy) is 2. The molecule has 0 fully saturated rings. The summed E-state index contributed by atoms with van der Waals surface area (Å²) < 4.78 is 44.2. The Morgan fingerprint density at radius 3 is 1.46 bits per heavy atom. The Morgan fingerprint density at radius 1 is 0.808 bits per heavy atom. The fourth-order valence-electron chi connectivity index (χ4n) is 1.44. The van der Waals surface area contributed by atoms with Crippen LogP contribution in [0.3, 0.4) is 0 Å². The van der Waals surface area contributed by atoms with Gasteiger partial charge in [-0.1, -0.05) is 11.8 Å². The maximum Gasteiger partial charge on any atom is 0.438 e. The summed E-state index contributed by atoms with van der Waals surface area (Å²) in [6.45, 7) is 11.7. The van der Waals surface area contributed by atoms with Gasteiger partial charge in [-0.15, -0.1) is 0 Å². The third-order valence-corrected chi connectivity index (χ3v) is 5.32. The molecule has 0 spiro atoms. The van der Waals surface area contributed by atoms with Crippen LogP contribution in [0.2, 0.25) is 0 Å². The minimum Gasteiger partial charge on any atom is -0.441 e. The number of carbonyl (C=O) groups excluding carboxylic acids is 2. The van der Waals surface area contributed by atoms with Crippen molar-refractivity contribution in [3.8, 4) is 11.8 Å². The molecule has 0 atom stereocenters. The van der Waals surface area contributed by atoms with Crippen LogP contribution in [0.5, 0.6) is 0 Å². The summed E-state index contributed by atoms with van der Waals surface area (Å²) in [5, 5.41) is 0. The van der Waals surface area contributed by atoms with Gasteiger partial charge in [0, 0.05) is 0 Å². The van der Waals surface area contributed by atoms with Crippen molar-refractivity contribution in [2.24, 2.45) is 0 Å². The Bertz CT molecular complexity index is 668. The average molecular weight is 410 g/mol. The van der Waals surface area contributed by atoms with Gasteiger partial charge in [0.25, 0.3) is 0 Å². The Morgan fingerprint density at radius 2 is 1.15 bits per heavy atom. The molecule has 0 radical (unpaired) electrons. The number of hydrogen-bond donors (Lipinski definition) is 0. The van der Waals surface area contributed by atoms with Gasteiger partial charge in [0.1, 0.15) is 0 Å². The van der Waals surface area contributed by atoms with Crippen LogP contribution in [0.4, 0.5) is 9.59 Å². The minimum absolute atomic E-state index is 0.00948. The van der Waals surface area contributed by atoms with E-state index in [0.29, 0.717) is 0 Å². The Hall–Kier alpha value is -1.12. The molecule has 0 aromatic carbocycles. The van der Waals surface area contributed by atoms with Crippen LogP contribution in [-0.4, -0.2) is 49.2 Å². The minimum atomic E-state index is -4.07. The third kappa shape index (κ3) is 8.51. The van der Waals surface area contributed by atoms with Gasteiger partial charge in [-0.2, -0.15) is 0 Å². The van der Waals surface area contributed by atoms with E-state index < -0.39 is 37.4 Å². The second-order valence-electron chi connectivity index (χ2n) is 6.69. The molecule has 10 heteroatoms. The summed E-state index contributed by atoms with van der Waals surface area (Å²) in [4.78, 5) is 23.9. The molecule has 0 aliphatic heterocycles. The predicted octanol–water partition coefficient (Wildman–Crippen LogP) is 4.71. The molecule has 0 saturated heterocycles. The van der Waals surface area contributed by atoms with Crippen molar-refractivity contribution in [2.45, 2.75) is 52.7 Å². The molecule has 0 saturated carbocycles. The maximum atomic E-state index is 12.4. The predicted molar refractivity (Wildman–Crippen MR) is 99.2 cm³/mol. The Balaban J connectivity index is 5.29. The highest BCUT2D eigenvalue weighted by Gasteiger charge is 2.40. The lowest BCUT2D eigenvalue weighted by molar-refractivity contribution is 0.0842. The molecule has 0 aliphatic carbocycles. The molecule has 0 amide bonds. The molecular formula is C16H28O8P2. The summed E-state index contributed by atoms with van der Waals surface area (Å²) >= 11 is 0. The van der Waals surface area contributed by atoms with E-state index in [-0.39, 0.29) is 13.2 Å². The summed E-state index contributed by atoms with van der Waals surface area (Å²) in [5.74, 6) is 5.31. The zero-order chi connectivity index (χ0) is 20.8. The van der Waals surface area contributed by atoms with Gasteiger partial charge in [-0.05, 0) is 54.9 Å². The van der Waals surface area contributed by atoms with Crippen LogP contribution < -0.4 is 0 Å². The lowest BCUT2D eigenvalue weighted by atomic mass is 10.1. The lowest BCUT2D eigenvalue weighted by Crippen LogP contribution is -2.29. The third-order valence-electron chi connectivity index (χ3n) is 2.61. The molecule has 0 aromatic rings. The number of hydrogen-bond acceptors (Lipinski definition) is 8. The second kappa shape index (κ2) is 9.19. The first-order valence-electron chi connectivity index (χ1n) is 8.04. The molecule has 8 nitrogen and oxygen atoms in total. The van der Waals surface area contributed by atoms with Gasteiger partial charge in [0.2, 0.25) is 0 Å². The smallest absolute Gasteiger partial charge is 0.438 e. The first kappa shape index (κ1) is 24.9. The molecule has 0 heterocycles. The van der Waals surface area contributed by atoms with E-state index in [4.69, 9.17) is 18.5 Å². The van der Waals surface area contributed by atoms with Gasteiger partial charge >= 0.3 is 19.0 Å². The van der Waals surface area contributed by atoms with Crippen LogP contribution >= 0.6 is 14.7 Å². The van der Waals surface area contributed by atoms with E-state index in [1.807, 2.05) is 0 Å². The van der Waals surface area contributed by atoms with Crippen molar-refractivity contribution in [2.75, 3.05) is 26.5 Å². The van der Waals surface area contributed by atoms with Crippen molar-refractivity contribution in [3.63, 3.8) is 0 Å². The van der Waals surface area contributed by atoms with Crippen molar-refractivity contribution >= 4 is 26.2 Å². The van der Waals surface area contributed by atoms with Crippen molar-refractivity contribution < 1.29 is 37.2 Å². The van der Waals surface area contributed by atoms with Crippen molar-refractivity contribution in [1.82, 2.24) is 0 Å². The van der Waals surface area contributed by atoms with Crippen LogP contribution in [-0.2, 0) is 27.7 Å². The van der Waals surface area contributed by atoms with Gasteiger partial charge in [-0.25, -0.2) is 14.2 Å². The highest BCUT2D eigenvalue weighted by atomic mass is 31.2. The molecule has 26 heavy (non-hydrogen) atoms. The molecule has 150 valence electrons. The standard InChI is InChI=1S/C16H28O8P2/c1-9-21-26(20,22-10-2)14(18)24-16(5,6)12-11-15(3,4)23-13(17)25(7,8)19/h9-10H2,1-8H3. The average Bonchev–Trinajstić information content (AvgIpc) is 2.44. The van der Waals surface area contributed by atoms with Crippen LogP contribution in [0, 0.1) is 11.8 Å². The van der Waals surface area contributed by atoms with E-state index >= 15 is 0 Å². The van der Waals surface area contributed by atoms with Crippen molar-refractivity contribution in [1.29, 1.82) is 0 Å². The normalized spacial score (nSPS) is 12.8. The quantitative estimate of drug-likeness (QED) is 0.418. The van der Waals surface area contributed by atoms with Crippen LogP contribution in [0.1, 0.15) is 41.5 Å². The van der Waals surface area contributed by atoms with Gasteiger partial charge in [-0.3, -0.25) is 0 Å². The molecular weight excluding hydrogens is 382 g/mol. The first-order valence-corrected chi connectivity index (χ1v) is 12.2. The fourth-order valence-corrected chi connectivity index (χ4v) is 3.19. The van der Waals surface area contributed by atoms with E-state index in [9.17, 15) is 18.7 Å². The fraction of sp³-hybridized carbons (Fsp3) is 0.750. The van der Waals surface area contributed by atoms with E-state index in [1.165, 1.54) is 41.0 Å². The number of rotatable bonds is 8. The van der Waals surface area contributed by atoms with Crippen molar-refractivity contribution in [3.05, 3.63) is 0 Å². The zero-order valence-corrected chi connectivity index (χ0v) is 18.4. The highest BCUT2D eigenvalue weighted by molar-refractivity contribution is 7.78. The van der Waals surface area contributed by atoms with Gasteiger partial charge in [0.05, 0.1) is 13.2 Å². The highest BCUT2D eigenvalue weighted by Crippen LogP contribution is 2.50. The Labute approximate surface area is 155 Å². The van der Waals surface area contributed by atoms with E-state index in [2.05, 4.69) is 11.8 Å². The van der Waals surface area contributed by atoms with Crippen LogP contribution in [0.25, 0.3) is 0 Å². The Kier molecular flexibility index (Phi) is 8.80. The van der Waals surface area contributed by atoms with Gasteiger partial charge < -0.3 is 23.1 Å². The van der Waals surface area contributed by atoms with Crippen LogP contribution in [0.15, 0.2) is 0 Å². The first-order chi connectivity index (χ1) is 11.6. The molecule has 0 rings (SSSR count). The maximum absolute atomic E-state index is 12.4. The largest absolute Gasteiger partial charge is 0.441 e.